The minimum atomic E-state index is -1.16. The Morgan fingerprint density at radius 3 is 2.93 bits per heavy atom. The van der Waals surface area contributed by atoms with Crippen LogP contribution in [0.25, 0.3) is 0 Å². The highest BCUT2D eigenvalue weighted by Gasteiger charge is 2.20. The van der Waals surface area contributed by atoms with Crippen LogP contribution in [-0.2, 0) is 4.79 Å². The van der Waals surface area contributed by atoms with Crippen molar-refractivity contribution in [2.24, 2.45) is 5.73 Å². The SMILES string of the molecule is CCOc1nc(C)ncc1C(N)C(=O)O. The molecule has 0 aliphatic rings. The van der Waals surface area contributed by atoms with Crippen LogP contribution in [-0.4, -0.2) is 27.7 Å². The molecular formula is C9H13N3O3. The molecule has 1 heterocycles. The van der Waals surface area contributed by atoms with Gasteiger partial charge in [-0.25, -0.2) is 4.98 Å². The van der Waals surface area contributed by atoms with Gasteiger partial charge in [0.1, 0.15) is 11.9 Å². The van der Waals surface area contributed by atoms with Crippen molar-refractivity contribution in [3.8, 4) is 5.88 Å². The first-order valence-electron chi connectivity index (χ1n) is 4.51. The average molecular weight is 211 g/mol. The zero-order chi connectivity index (χ0) is 11.4. The first-order chi connectivity index (χ1) is 7.06. The van der Waals surface area contributed by atoms with Gasteiger partial charge in [0, 0.05) is 6.20 Å². The van der Waals surface area contributed by atoms with Gasteiger partial charge in [0.15, 0.2) is 0 Å². The molecule has 0 radical (unpaired) electrons. The Hall–Kier alpha value is -1.69. The quantitative estimate of drug-likeness (QED) is 0.741. The molecule has 0 amide bonds. The second kappa shape index (κ2) is 4.70. The predicted octanol–water partition coefficient (Wildman–Crippen LogP) is 0.268. The molecule has 15 heavy (non-hydrogen) atoms. The molecule has 82 valence electrons. The van der Waals surface area contributed by atoms with E-state index in [1.165, 1.54) is 6.20 Å². The van der Waals surface area contributed by atoms with E-state index in [1.807, 2.05) is 0 Å². The van der Waals surface area contributed by atoms with Crippen molar-refractivity contribution in [1.82, 2.24) is 9.97 Å². The number of nitrogens with two attached hydrogens (primary N) is 1. The zero-order valence-electron chi connectivity index (χ0n) is 8.60. The first kappa shape index (κ1) is 11.4. The van der Waals surface area contributed by atoms with E-state index in [2.05, 4.69) is 9.97 Å². The fraction of sp³-hybridized carbons (Fsp3) is 0.444. The largest absolute Gasteiger partial charge is 0.480 e. The van der Waals surface area contributed by atoms with Crippen LogP contribution < -0.4 is 10.5 Å². The third kappa shape index (κ3) is 2.63. The second-order valence-corrected chi connectivity index (χ2v) is 2.93. The van der Waals surface area contributed by atoms with Crippen molar-refractivity contribution in [3.05, 3.63) is 17.6 Å². The summed E-state index contributed by atoms with van der Waals surface area (Å²) in [6, 6.07) is -1.16. The molecule has 1 rings (SSSR count). The van der Waals surface area contributed by atoms with Gasteiger partial charge in [0.05, 0.1) is 12.2 Å². The second-order valence-electron chi connectivity index (χ2n) is 2.93. The highest BCUT2D eigenvalue weighted by Crippen LogP contribution is 2.20. The summed E-state index contributed by atoms with van der Waals surface area (Å²) in [7, 11) is 0. The fourth-order valence-electron chi connectivity index (χ4n) is 1.06. The van der Waals surface area contributed by atoms with Gasteiger partial charge in [-0.1, -0.05) is 0 Å². The maximum Gasteiger partial charge on any atom is 0.325 e. The topological polar surface area (TPSA) is 98.3 Å². The molecule has 0 aliphatic carbocycles. The Morgan fingerprint density at radius 2 is 2.40 bits per heavy atom. The lowest BCUT2D eigenvalue weighted by Gasteiger charge is -2.11. The van der Waals surface area contributed by atoms with Crippen LogP contribution in [0.15, 0.2) is 6.20 Å². The molecular weight excluding hydrogens is 198 g/mol. The Bertz CT molecular complexity index is 368. The number of hydrogen-bond donors (Lipinski definition) is 2. The summed E-state index contributed by atoms with van der Waals surface area (Å²) >= 11 is 0. The molecule has 0 fully saturated rings. The van der Waals surface area contributed by atoms with E-state index in [0.29, 0.717) is 12.4 Å². The lowest BCUT2D eigenvalue weighted by atomic mass is 10.1. The summed E-state index contributed by atoms with van der Waals surface area (Å²) in [5.41, 5.74) is 5.75. The van der Waals surface area contributed by atoms with E-state index in [1.54, 1.807) is 13.8 Å². The lowest BCUT2D eigenvalue weighted by Crippen LogP contribution is -2.22. The Kier molecular flexibility index (Phi) is 3.56. The number of aromatic nitrogens is 2. The van der Waals surface area contributed by atoms with Gasteiger partial charge in [-0.05, 0) is 13.8 Å². The molecule has 0 bridgehead atoms. The van der Waals surface area contributed by atoms with Crippen LogP contribution in [0.4, 0.5) is 0 Å². The molecule has 0 saturated heterocycles. The van der Waals surface area contributed by atoms with E-state index in [4.69, 9.17) is 15.6 Å². The highest BCUT2D eigenvalue weighted by molar-refractivity contribution is 5.75. The van der Waals surface area contributed by atoms with E-state index in [-0.39, 0.29) is 11.4 Å². The van der Waals surface area contributed by atoms with Gasteiger partial charge in [0.25, 0.3) is 0 Å². The summed E-state index contributed by atoms with van der Waals surface area (Å²) in [5, 5.41) is 8.76. The Balaban J connectivity index is 3.10. The normalized spacial score (nSPS) is 12.2. The molecule has 1 unspecified atom stereocenters. The molecule has 6 heteroatoms. The monoisotopic (exact) mass is 211 g/mol. The van der Waals surface area contributed by atoms with Crippen LogP contribution in [0.5, 0.6) is 5.88 Å². The van der Waals surface area contributed by atoms with E-state index < -0.39 is 12.0 Å². The molecule has 0 aliphatic heterocycles. The van der Waals surface area contributed by atoms with Crippen LogP contribution in [0, 0.1) is 6.92 Å². The fourth-order valence-corrected chi connectivity index (χ4v) is 1.06. The summed E-state index contributed by atoms with van der Waals surface area (Å²) in [6.07, 6.45) is 1.38. The molecule has 0 aromatic carbocycles. The van der Waals surface area contributed by atoms with Crippen molar-refractivity contribution in [1.29, 1.82) is 0 Å². The molecule has 3 N–H and O–H groups in total. The van der Waals surface area contributed by atoms with Crippen LogP contribution in [0.1, 0.15) is 24.4 Å². The highest BCUT2D eigenvalue weighted by atomic mass is 16.5. The van der Waals surface area contributed by atoms with Crippen LogP contribution in [0.3, 0.4) is 0 Å². The number of carboxylic acids is 1. The maximum atomic E-state index is 10.7. The summed E-state index contributed by atoms with van der Waals surface area (Å²) < 4.78 is 5.19. The number of hydrogen-bond acceptors (Lipinski definition) is 5. The van der Waals surface area contributed by atoms with E-state index in [9.17, 15) is 4.79 Å². The molecule has 6 nitrogen and oxygen atoms in total. The number of carbonyl (C=O) groups is 1. The van der Waals surface area contributed by atoms with Gasteiger partial charge >= 0.3 is 5.97 Å². The van der Waals surface area contributed by atoms with E-state index in [0.717, 1.165) is 0 Å². The van der Waals surface area contributed by atoms with Crippen molar-refractivity contribution >= 4 is 5.97 Å². The van der Waals surface area contributed by atoms with Gasteiger partial charge < -0.3 is 15.6 Å². The zero-order valence-corrected chi connectivity index (χ0v) is 8.60. The summed E-state index contributed by atoms with van der Waals surface area (Å²) in [5.74, 6) is -0.386. The van der Waals surface area contributed by atoms with Crippen molar-refractivity contribution in [2.45, 2.75) is 19.9 Å². The molecule has 0 spiro atoms. The number of nitrogens with zero attached hydrogens (tertiary/aromatic N) is 2. The summed E-state index contributed by atoms with van der Waals surface area (Å²) in [6.45, 7) is 3.88. The molecule has 1 aromatic rings. The minimum Gasteiger partial charge on any atom is -0.480 e. The van der Waals surface area contributed by atoms with Gasteiger partial charge in [0.2, 0.25) is 5.88 Å². The number of aliphatic carboxylic acids is 1. The number of carboxylic acid groups (broad SMARTS) is 1. The van der Waals surface area contributed by atoms with Crippen molar-refractivity contribution in [3.63, 3.8) is 0 Å². The molecule has 1 aromatic heterocycles. The maximum absolute atomic E-state index is 10.7. The van der Waals surface area contributed by atoms with Gasteiger partial charge in [-0.15, -0.1) is 0 Å². The van der Waals surface area contributed by atoms with Crippen LogP contribution >= 0.6 is 0 Å². The number of rotatable bonds is 4. The lowest BCUT2D eigenvalue weighted by molar-refractivity contribution is -0.138. The standard InChI is InChI=1S/C9H13N3O3/c1-3-15-8-6(7(10)9(13)14)4-11-5(2)12-8/h4,7H,3,10H2,1-2H3,(H,13,14). The summed E-state index contributed by atoms with van der Waals surface area (Å²) in [4.78, 5) is 18.6. The minimum absolute atomic E-state index is 0.236. The smallest absolute Gasteiger partial charge is 0.325 e. The Labute approximate surface area is 87.1 Å². The van der Waals surface area contributed by atoms with Crippen molar-refractivity contribution in [2.75, 3.05) is 6.61 Å². The van der Waals surface area contributed by atoms with Crippen LogP contribution in [0.2, 0.25) is 0 Å². The number of ether oxygens (including phenoxy) is 1. The van der Waals surface area contributed by atoms with Crippen molar-refractivity contribution < 1.29 is 14.6 Å². The molecule has 0 saturated carbocycles. The van der Waals surface area contributed by atoms with Gasteiger partial charge in [-0.3, -0.25) is 4.79 Å². The Morgan fingerprint density at radius 1 is 1.73 bits per heavy atom. The van der Waals surface area contributed by atoms with E-state index >= 15 is 0 Å². The number of aryl methyl sites for hydroxylation is 1. The van der Waals surface area contributed by atoms with Gasteiger partial charge in [-0.2, -0.15) is 4.98 Å². The average Bonchev–Trinajstić information content (AvgIpc) is 2.17. The predicted molar refractivity (Wildman–Crippen MR) is 52.5 cm³/mol. The first-order valence-corrected chi connectivity index (χ1v) is 4.51. The third-order valence-electron chi connectivity index (χ3n) is 1.78. The third-order valence-corrected chi connectivity index (χ3v) is 1.78. The molecule has 1 atom stereocenters.